The van der Waals surface area contributed by atoms with Crippen LogP contribution in [0.2, 0.25) is 0 Å². The maximum absolute atomic E-state index is 5.56. The summed E-state index contributed by atoms with van der Waals surface area (Å²) in [6, 6.07) is 6.57. The van der Waals surface area contributed by atoms with Gasteiger partial charge in [0.05, 0.1) is 11.4 Å². The molecule has 1 aliphatic carbocycles. The summed E-state index contributed by atoms with van der Waals surface area (Å²) in [5, 5.41) is 0. The van der Waals surface area contributed by atoms with Gasteiger partial charge in [0, 0.05) is 16.2 Å². The topological polar surface area (TPSA) is 38.4 Å². The van der Waals surface area contributed by atoms with Crippen molar-refractivity contribution < 1.29 is 0 Å². The van der Waals surface area contributed by atoms with E-state index in [2.05, 4.69) is 36.4 Å². The molecule has 2 aliphatic rings. The van der Waals surface area contributed by atoms with Crippen molar-refractivity contribution in [2.24, 2.45) is 10.7 Å². The predicted molar refractivity (Wildman–Crippen MR) is 78.6 cm³/mol. The fourth-order valence-corrected chi connectivity index (χ4v) is 3.24. The number of fused-ring (bicyclic) bond motifs is 2. The summed E-state index contributed by atoms with van der Waals surface area (Å²) in [6.45, 7) is 0.752. The molecule has 1 aliphatic heterocycles. The SMILES string of the molecule is NCCCc1ccc2c(c1)SC1=CC=CCC1=N2. The van der Waals surface area contributed by atoms with Crippen LogP contribution in [-0.4, -0.2) is 12.3 Å². The number of allylic oxidation sites excluding steroid dienone is 4. The first-order valence-electron chi connectivity index (χ1n) is 6.32. The van der Waals surface area contributed by atoms with Crippen molar-refractivity contribution in [1.82, 2.24) is 0 Å². The maximum Gasteiger partial charge on any atom is 0.0773 e. The molecular formula is C15H16N2S. The zero-order valence-corrected chi connectivity index (χ0v) is 11.0. The number of rotatable bonds is 3. The largest absolute Gasteiger partial charge is 0.330 e. The van der Waals surface area contributed by atoms with Gasteiger partial charge in [-0.1, -0.05) is 30.0 Å². The molecule has 92 valence electrons. The molecule has 0 atom stereocenters. The lowest BCUT2D eigenvalue weighted by atomic mass is 10.1. The number of aliphatic imine (C=N–C) groups is 1. The van der Waals surface area contributed by atoms with Gasteiger partial charge < -0.3 is 5.73 Å². The average molecular weight is 256 g/mol. The first-order valence-corrected chi connectivity index (χ1v) is 7.14. The summed E-state index contributed by atoms with van der Waals surface area (Å²) in [5.74, 6) is 0. The van der Waals surface area contributed by atoms with E-state index in [4.69, 9.17) is 10.7 Å². The van der Waals surface area contributed by atoms with Crippen molar-refractivity contribution >= 4 is 23.2 Å². The van der Waals surface area contributed by atoms with E-state index in [-0.39, 0.29) is 0 Å². The van der Waals surface area contributed by atoms with Gasteiger partial charge in [0.2, 0.25) is 0 Å². The van der Waals surface area contributed by atoms with Gasteiger partial charge in [-0.15, -0.1) is 0 Å². The molecule has 0 spiro atoms. The smallest absolute Gasteiger partial charge is 0.0773 e. The van der Waals surface area contributed by atoms with Gasteiger partial charge in [0.15, 0.2) is 0 Å². The van der Waals surface area contributed by atoms with E-state index in [9.17, 15) is 0 Å². The van der Waals surface area contributed by atoms with Crippen LogP contribution in [0.15, 0.2) is 51.2 Å². The molecule has 3 heteroatoms. The van der Waals surface area contributed by atoms with Crippen LogP contribution in [0.3, 0.4) is 0 Å². The highest BCUT2D eigenvalue weighted by atomic mass is 32.2. The summed E-state index contributed by atoms with van der Waals surface area (Å²) < 4.78 is 0. The van der Waals surface area contributed by atoms with Crippen LogP contribution in [0, 0.1) is 0 Å². The molecule has 1 heterocycles. The van der Waals surface area contributed by atoms with Gasteiger partial charge in [0.1, 0.15) is 0 Å². The summed E-state index contributed by atoms with van der Waals surface area (Å²) in [5.41, 5.74) is 9.23. The summed E-state index contributed by atoms with van der Waals surface area (Å²) in [7, 11) is 0. The van der Waals surface area contributed by atoms with Crippen LogP contribution < -0.4 is 5.73 Å². The first kappa shape index (κ1) is 11.8. The van der Waals surface area contributed by atoms with Gasteiger partial charge >= 0.3 is 0 Å². The fourth-order valence-electron chi connectivity index (χ4n) is 2.18. The highest BCUT2D eigenvalue weighted by molar-refractivity contribution is 8.04. The number of benzene rings is 1. The van der Waals surface area contributed by atoms with Crippen LogP contribution in [0.4, 0.5) is 5.69 Å². The lowest BCUT2D eigenvalue weighted by molar-refractivity contribution is 0.831. The molecule has 2 N–H and O–H groups in total. The van der Waals surface area contributed by atoms with Crippen molar-refractivity contribution in [3.8, 4) is 0 Å². The Bertz CT molecular complexity index is 556. The Hall–Kier alpha value is -1.32. The van der Waals surface area contributed by atoms with Crippen molar-refractivity contribution in [2.45, 2.75) is 24.2 Å². The molecule has 0 aromatic heterocycles. The number of hydrogen-bond acceptors (Lipinski definition) is 3. The molecular weight excluding hydrogens is 240 g/mol. The average Bonchev–Trinajstić information content (AvgIpc) is 2.42. The number of nitrogens with zero attached hydrogens (tertiary/aromatic N) is 1. The van der Waals surface area contributed by atoms with E-state index in [1.54, 1.807) is 0 Å². The number of nitrogens with two attached hydrogens (primary N) is 1. The molecule has 0 radical (unpaired) electrons. The molecule has 2 nitrogen and oxygen atoms in total. The molecule has 1 aromatic rings. The lowest BCUT2D eigenvalue weighted by Crippen LogP contribution is -2.05. The van der Waals surface area contributed by atoms with Gasteiger partial charge in [-0.25, -0.2) is 0 Å². The summed E-state index contributed by atoms with van der Waals surface area (Å²) in [4.78, 5) is 7.31. The molecule has 0 amide bonds. The Morgan fingerprint density at radius 2 is 2.28 bits per heavy atom. The number of thioether (sulfide) groups is 1. The third-order valence-corrected chi connectivity index (χ3v) is 4.29. The quantitative estimate of drug-likeness (QED) is 0.897. The second kappa shape index (κ2) is 5.12. The van der Waals surface area contributed by atoms with Crippen molar-refractivity contribution in [3.05, 3.63) is 46.9 Å². The van der Waals surface area contributed by atoms with Crippen LogP contribution in [0.25, 0.3) is 0 Å². The zero-order valence-electron chi connectivity index (χ0n) is 10.2. The predicted octanol–water partition coefficient (Wildman–Crippen LogP) is 3.60. The first-order chi connectivity index (χ1) is 8.86. The molecule has 18 heavy (non-hydrogen) atoms. The third-order valence-electron chi connectivity index (χ3n) is 3.15. The van der Waals surface area contributed by atoms with E-state index in [0.29, 0.717) is 0 Å². The fraction of sp³-hybridized carbons (Fsp3) is 0.267. The second-order valence-electron chi connectivity index (χ2n) is 4.52. The minimum absolute atomic E-state index is 0.752. The van der Waals surface area contributed by atoms with Crippen LogP contribution >= 0.6 is 11.8 Å². The Morgan fingerprint density at radius 1 is 1.33 bits per heavy atom. The van der Waals surface area contributed by atoms with Crippen LogP contribution in [0.5, 0.6) is 0 Å². The highest BCUT2D eigenvalue weighted by Crippen LogP contribution is 2.42. The Labute approximate surface area is 112 Å². The third kappa shape index (κ3) is 2.28. The molecule has 0 unspecified atom stereocenters. The minimum Gasteiger partial charge on any atom is -0.330 e. The molecule has 0 bridgehead atoms. The minimum atomic E-state index is 0.752. The zero-order chi connectivity index (χ0) is 12.4. The molecule has 0 saturated carbocycles. The lowest BCUT2D eigenvalue weighted by Gasteiger charge is -2.19. The highest BCUT2D eigenvalue weighted by Gasteiger charge is 2.18. The Morgan fingerprint density at radius 3 is 3.17 bits per heavy atom. The molecule has 0 saturated heterocycles. The molecule has 0 fully saturated rings. The summed E-state index contributed by atoms with van der Waals surface area (Å²) >= 11 is 1.84. The van der Waals surface area contributed by atoms with Gasteiger partial charge in [-0.05, 0) is 43.2 Å². The van der Waals surface area contributed by atoms with Crippen LogP contribution in [-0.2, 0) is 6.42 Å². The van der Waals surface area contributed by atoms with Gasteiger partial charge in [0.25, 0.3) is 0 Å². The Kier molecular flexibility index (Phi) is 3.35. The van der Waals surface area contributed by atoms with E-state index in [1.807, 2.05) is 11.8 Å². The van der Waals surface area contributed by atoms with E-state index < -0.39 is 0 Å². The van der Waals surface area contributed by atoms with E-state index in [1.165, 1.54) is 21.1 Å². The van der Waals surface area contributed by atoms with Crippen molar-refractivity contribution in [3.63, 3.8) is 0 Å². The van der Waals surface area contributed by atoms with Gasteiger partial charge in [-0.2, -0.15) is 0 Å². The van der Waals surface area contributed by atoms with E-state index >= 15 is 0 Å². The van der Waals surface area contributed by atoms with E-state index in [0.717, 1.165) is 31.5 Å². The number of aryl methyl sites for hydroxylation is 1. The molecule has 3 rings (SSSR count). The van der Waals surface area contributed by atoms with Crippen LogP contribution in [0.1, 0.15) is 18.4 Å². The maximum atomic E-state index is 5.56. The summed E-state index contributed by atoms with van der Waals surface area (Å²) in [6.07, 6.45) is 9.48. The van der Waals surface area contributed by atoms with Gasteiger partial charge in [-0.3, -0.25) is 4.99 Å². The normalized spacial score (nSPS) is 16.7. The second-order valence-corrected chi connectivity index (χ2v) is 5.60. The van der Waals surface area contributed by atoms with Crippen molar-refractivity contribution in [1.29, 1.82) is 0 Å². The number of hydrogen-bond donors (Lipinski definition) is 1. The monoisotopic (exact) mass is 256 g/mol. The Balaban J connectivity index is 1.91. The standard InChI is InChI=1S/C15H16N2S/c16-9-3-4-11-7-8-13-15(10-11)18-14-6-2-1-5-12(14)17-13/h1-2,6-8,10H,3-5,9,16H2. The van der Waals surface area contributed by atoms with Crippen molar-refractivity contribution in [2.75, 3.05) is 6.54 Å². The molecule has 1 aromatic carbocycles.